The molecule has 0 spiro atoms. The zero-order chi connectivity index (χ0) is 18.4. The van der Waals surface area contributed by atoms with Crippen LogP contribution in [0.1, 0.15) is 42.1 Å². The summed E-state index contributed by atoms with van der Waals surface area (Å²) in [4.78, 5) is 26.6. The number of piperidine rings is 1. The largest absolute Gasteiger partial charge is 0.356 e. The molecule has 0 aliphatic carbocycles. The van der Waals surface area contributed by atoms with Gasteiger partial charge in [0.05, 0.1) is 6.54 Å². The SMILES string of the molecule is CCCNC(=O)C1CCN(C(=O)c2ccc(Cn3cccn3)cc2)CC1. The molecule has 1 saturated heterocycles. The van der Waals surface area contributed by atoms with E-state index in [9.17, 15) is 9.59 Å². The molecule has 2 heterocycles. The number of likely N-dealkylation sites (tertiary alicyclic amines) is 1. The topological polar surface area (TPSA) is 67.2 Å². The van der Waals surface area contributed by atoms with E-state index in [1.807, 2.05) is 53.0 Å². The van der Waals surface area contributed by atoms with Crippen molar-refractivity contribution in [3.05, 3.63) is 53.9 Å². The standard InChI is InChI=1S/C20H26N4O2/c1-2-10-21-19(25)17-8-13-23(14-9-17)20(26)18-6-4-16(5-7-18)15-24-12-3-11-22-24/h3-7,11-12,17H,2,8-10,13-15H2,1H3,(H,21,25). The minimum absolute atomic E-state index is 0.0297. The number of carbonyl (C=O) groups is 2. The normalized spacial score (nSPS) is 15.0. The quantitative estimate of drug-likeness (QED) is 0.866. The van der Waals surface area contributed by atoms with E-state index in [-0.39, 0.29) is 17.7 Å². The fourth-order valence-corrected chi connectivity index (χ4v) is 3.25. The highest BCUT2D eigenvalue weighted by molar-refractivity contribution is 5.94. The smallest absolute Gasteiger partial charge is 0.253 e. The van der Waals surface area contributed by atoms with Crippen molar-refractivity contribution in [2.24, 2.45) is 5.92 Å². The Morgan fingerprint density at radius 3 is 2.54 bits per heavy atom. The second-order valence-electron chi connectivity index (χ2n) is 6.76. The molecule has 0 bridgehead atoms. The van der Waals surface area contributed by atoms with Gasteiger partial charge in [-0.2, -0.15) is 5.10 Å². The Hall–Kier alpha value is -2.63. The zero-order valence-electron chi connectivity index (χ0n) is 15.2. The van der Waals surface area contributed by atoms with Gasteiger partial charge in [-0.25, -0.2) is 0 Å². The van der Waals surface area contributed by atoms with Gasteiger partial charge in [0.1, 0.15) is 0 Å². The summed E-state index contributed by atoms with van der Waals surface area (Å²) in [7, 11) is 0. The highest BCUT2D eigenvalue weighted by Gasteiger charge is 2.27. The van der Waals surface area contributed by atoms with E-state index in [0.29, 0.717) is 25.2 Å². The van der Waals surface area contributed by atoms with Gasteiger partial charge in [0.15, 0.2) is 0 Å². The van der Waals surface area contributed by atoms with Crippen LogP contribution in [0.25, 0.3) is 0 Å². The fraction of sp³-hybridized carbons (Fsp3) is 0.450. The van der Waals surface area contributed by atoms with Crippen molar-refractivity contribution in [1.82, 2.24) is 20.0 Å². The average molecular weight is 354 g/mol. The van der Waals surface area contributed by atoms with Crippen molar-refractivity contribution in [2.75, 3.05) is 19.6 Å². The lowest BCUT2D eigenvalue weighted by atomic mass is 9.95. The lowest BCUT2D eigenvalue weighted by molar-refractivity contribution is -0.126. The molecule has 2 aromatic rings. The van der Waals surface area contributed by atoms with Crippen molar-refractivity contribution < 1.29 is 9.59 Å². The van der Waals surface area contributed by atoms with Gasteiger partial charge < -0.3 is 10.2 Å². The van der Waals surface area contributed by atoms with Gasteiger partial charge in [-0.3, -0.25) is 14.3 Å². The number of amides is 2. The van der Waals surface area contributed by atoms with Gasteiger partial charge in [-0.1, -0.05) is 19.1 Å². The molecule has 0 saturated carbocycles. The maximum absolute atomic E-state index is 12.7. The molecule has 6 heteroatoms. The van der Waals surface area contributed by atoms with Crippen LogP contribution in [-0.4, -0.2) is 46.1 Å². The van der Waals surface area contributed by atoms with E-state index in [2.05, 4.69) is 10.4 Å². The summed E-state index contributed by atoms with van der Waals surface area (Å²) in [5, 5.41) is 7.14. The third-order valence-electron chi connectivity index (χ3n) is 4.81. The molecule has 26 heavy (non-hydrogen) atoms. The molecule has 1 N–H and O–H groups in total. The van der Waals surface area contributed by atoms with Crippen molar-refractivity contribution in [1.29, 1.82) is 0 Å². The van der Waals surface area contributed by atoms with E-state index >= 15 is 0 Å². The molecule has 1 aromatic carbocycles. The Bertz CT molecular complexity index is 717. The Morgan fingerprint density at radius 2 is 1.92 bits per heavy atom. The van der Waals surface area contributed by atoms with Crippen LogP contribution in [0, 0.1) is 5.92 Å². The summed E-state index contributed by atoms with van der Waals surface area (Å²) in [5.41, 5.74) is 1.81. The molecular weight excluding hydrogens is 328 g/mol. The van der Waals surface area contributed by atoms with E-state index in [1.54, 1.807) is 6.20 Å². The number of nitrogens with one attached hydrogen (secondary N) is 1. The van der Waals surface area contributed by atoms with Gasteiger partial charge in [0.2, 0.25) is 5.91 Å². The Morgan fingerprint density at radius 1 is 1.19 bits per heavy atom. The lowest BCUT2D eigenvalue weighted by Gasteiger charge is -2.31. The number of nitrogens with zero attached hydrogens (tertiary/aromatic N) is 3. The van der Waals surface area contributed by atoms with E-state index in [0.717, 1.165) is 31.4 Å². The van der Waals surface area contributed by atoms with E-state index < -0.39 is 0 Å². The van der Waals surface area contributed by atoms with Crippen molar-refractivity contribution in [2.45, 2.75) is 32.7 Å². The Balaban J connectivity index is 1.52. The molecule has 0 atom stereocenters. The summed E-state index contributed by atoms with van der Waals surface area (Å²) in [6.07, 6.45) is 6.08. The van der Waals surface area contributed by atoms with Crippen LogP contribution in [0.15, 0.2) is 42.7 Å². The number of aromatic nitrogens is 2. The Kier molecular flexibility index (Phi) is 6.04. The minimum Gasteiger partial charge on any atom is -0.356 e. The minimum atomic E-state index is 0.0297. The number of hydrogen-bond acceptors (Lipinski definition) is 3. The number of hydrogen-bond donors (Lipinski definition) is 1. The average Bonchev–Trinajstić information content (AvgIpc) is 3.19. The summed E-state index contributed by atoms with van der Waals surface area (Å²) in [6, 6.07) is 9.59. The summed E-state index contributed by atoms with van der Waals surface area (Å²) in [6.45, 7) is 4.74. The molecule has 1 aliphatic rings. The van der Waals surface area contributed by atoms with E-state index in [4.69, 9.17) is 0 Å². The molecule has 2 amide bonds. The molecule has 6 nitrogen and oxygen atoms in total. The molecule has 0 radical (unpaired) electrons. The predicted octanol–water partition coefficient (Wildman–Crippen LogP) is 2.31. The van der Waals surface area contributed by atoms with Crippen LogP contribution >= 0.6 is 0 Å². The number of benzene rings is 1. The van der Waals surface area contributed by atoms with Crippen LogP contribution in [0.5, 0.6) is 0 Å². The Labute approximate surface area is 154 Å². The van der Waals surface area contributed by atoms with E-state index in [1.165, 1.54) is 0 Å². The summed E-state index contributed by atoms with van der Waals surface area (Å²) < 4.78 is 1.85. The number of rotatable bonds is 6. The van der Waals surface area contributed by atoms with Gasteiger partial charge in [0.25, 0.3) is 5.91 Å². The zero-order valence-corrected chi connectivity index (χ0v) is 15.2. The van der Waals surface area contributed by atoms with Gasteiger partial charge in [0, 0.05) is 43.5 Å². The molecule has 0 unspecified atom stereocenters. The highest BCUT2D eigenvalue weighted by Crippen LogP contribution is 2.19. The maximum atomic E-state index is 12.7. The first kappa shape index (κ1) is 18.2. The van der Waals surface area contributed by atoms with Crippen LogP contribution in [-0.2, 0) is 11.3 Å². The fourth-order valence-electron chi connectivity index (χ4n) is 3.25. The number of carbonyl (C=O) groups excluding carboxylic acids is 2. The summed E-state index contributed by atoms with van der Waals surface area (Å²) >= 11 is 0. The van der Waals surface area contributed by atoms with Gasteiger partial charge in [-0.15, -0.1) is 0 Å². The first-order chi connectivity index (χ1) is 12.7. The molecule has 1 fully saturated rings. The monoisotopic (exact) mass is 354 g/mol. The molecule has 138 valence electrons. The van der Waals surface area contributed by atoms with Gasteiger partial charge >= 0.3 is 0 Å². The second kappa shape index (κ2) is 8.65. The lowest BCUT2D eigenvalue weighted by Crippen LogP contribution is -2.43. The van der Waals surface area contributed by atoms with Crippen LogP contribution in [0.3, 0.4) is 0 Å². The van der Waals surface area contributed by atoms with Crippen LogP contribution < -0.4 is 5.32 Å². The first-order valence-electron chi connectivity index (χ1n) is 9.30. The van der Waals surface area contributed by atoms with Crippen LogP contribution in [0.4, 0.5) is 0 Å². The van der Waals surface area contributed by atoms with Crippen LogP contribution in [0.2, 0.25) is 0 Å². The van der Waals surface area contributed by atoms with Gasteiger partial charge in [-0.05, 0) is 43.0 Å². The second-order valence-corrected chi connectivity index (χ2v) is 6.76. The predicted molar refractivity (Wildman–Crippen MR) is 99.7 cm³/mol. The third kappa shape index (κ3) is 4.50. The molecule has 1 aromatic heterocycles. The first-order valence-corrected chi connectivity index (χ1v) is 9.30. The maximum Gasteiger partial charge on any atom is 0.253 e. The molecule has 1 aliphatic heterocycles. The van der Waals surface area contributed by atoms with Crippen molar-refractivity contribution in [3.8, 4) is 0 Å². The molecule has 3 rings (SSSR count). The highest BCUT2D eigenvalue weighted by atomic mass is 16.2. The van der Waals surface area contributed by atoms with Crippen molar-refractivity contribution in [3.63, 3.8) is 0 Å². The van der Waals surface area contributed by atoms with Crippen molar-refractivity contribution >= 4 is 11.8 Å². The molecular formula is C20H26N4O2. The summed E-state index contributed by atoms with van der Waals surface area (Å²) in [5.74, 6) is 0.201. The third-order valence-corrected chi connectivity index (χ3v) is 4.81.